The first-order valence-corrected chi connectivity index (χ1v) is 9.79. The molecule has 0 saturated heterocycles. The number of carbonyl (C=O) groups excluding carboxylic acids is 1. The van der Waals surface area contributed by atoms with E-state index in [2.05, 4.69) is 16.5 Å². The van der Waals surface area contributed by atoms with E-state index in [4.69, 9.17) is 0 Å². The van der Waals surface area contributed by atoms with Gasteiger partial charge in [0.25, 0.3) is 10.0 Å². The number of rotatable bonds is 9. The largest absolute Gasteiger partial charge is 0.463 e. The molecule has 0 aromatic heterocycles. The molecule has 0 aliphatic heterocycles. The number of nitrogens with two attached hydrogens (primary N) is 1. The van der Waals surface area contributed by atoms with Gasteiger partial charge < -0.3 is 4.74 Å². The van der Waals surface area contributed by atoms with Crippen LogP contribution in [-0.2, 0) is 19.6 Å². The second-order valence-electron chi connectivity index (χ2n) is 6.51. The van der Waals surface area contributed by atoms with E-state index in [1.54, 1.807) is 13.8 Å². The van der Waals surface area contributed by atoms with Crippen molar-refractivity contribution in [3.8, 4) is 0 Å². The van der Waals surface area contributed by atoms with Gasteiger partial charge in [-0.3, -0.25) is 0 Å². The average molecular weight is 613 g/mol. The van der Waals surface area contributed by atoms with Crippen LogP contribution in [0.4, 0.5) is 74.6 Å². The molecule has 0 aromatic rings. The molecule has 0 atom stereocenters. The molecule has 5 nitrogen and oxygen atoms in total. The summed E-state index contributed by atoms with van der Waals surface area (Å²) in [6, 6.07) is 0. The fraction of sp³-hybridized carbons (Fsp3) is 0.786. The summed E-state index contributed by atoms with van der Waals surface area (Å²) in [6.07, 6.45) is -7.86. The van der Waals surface area contributed by atoms with Gasteiger partial charge in [-0.05, 0) is 13.8 Å². The first-order valence-electron chi connectivity index (χ1n) is 8.24. The summed E-state index contributed by atoms with van der Waals surface area (Å²) in [5.74, 6) is -51.9. The van der Waals surface area contributed by atoms with Gasteiger partial charge in [0.05, 0.1) is 6.61 Å². The highest BCUT2D eigenvalue weighted by atomic mass is 32.2. The van der Waals surface area contributed by atoms with Gasteiger partial charge in [-0.1, -0.05) is 6.58 Å². The predicted molar refractivity (Wildman–Crippen MR) is 85.2 cm³/mol. The fourth-order valence-corrected chi connectivity index (χ4v) is 2.07. The van der Waals surface area contributed by atoms with E-state index in [1.807, 2.05) is 0 Å². The van der Waals surface area contributed by atoms with Gasteiger partial charge >= 0.3 is 52.9 Å². The number of alkyl halides is 17. The number of halogens is 17. The third kappa shape index (κ3) is 5.85. The van der Waals surface area contributed by atoms with E-state index in [9.17, 15) is 87.8 Å². The van der Waals surface area contributed by atoms with E-state index in [-0.39, 0.29) is 5.97 Å². The maximum Gasteiger partial charge on any atom is 0.460 e. The zero-order valence-electron chi connectivity index (χ0n) is 17.5. The van der Waals surface area contributed by atoms with Crippen LogP contribution in [0, 0.1) is 0 Å². The molecule has 0 radical (unpaired) electrons. The van der Waals surface area contributed by atoms with Crippen LogP contribution in [-0.4, -0.2) is 68.0 Å². The molecule has 0 rings (SSSR count). The van der Waals surface area contributed by atoms with Gasteiger partial charge in [0.2, 0.25) is 0 Å². The standard InChI is InChI=1S/C8H2F17NO2S.C6H10O2/c9-1(10,3(13,14)5(17,18)7(21,22)23)2(11,12)4(15,16)6(19,20)8(24,25)29(26,27)28;1-4-8-6(7)5(2)3/h(H2,26,27,28);2,4H2,1,3H3. The number of esters is 1. The quantitative estimate of drug-likeness (QED) is 0.216. The third-order valence-electron chi connectivity index (χ3n) is 3.67. The van der Waals surface area contributed by atoms with Crippen molar-refractivity contribution in [2.45, 2.75) is 60.8 Å². The number of sulfonamides is 1. The number of primary sulfonamides is 1. The fourth-order valence-electron chi connectivity index (χ4n) is 1.58. The molecule has 23 heteroatoms. The Hall–Kier alpha value is -2.07. The van der Waals surface area contributed by atoms with Crippen molar-refractivity contribution < 1.29 is 92.6 Å². The molecule has 0 aliphatic carbocycles. The number of ether oxygens (including phenoxy) is 1. The molecule has 0 bridgehead atoms. The van der Waals surface area contributed by atoms with E-state index >= 15 is 0 Å². The minimum absolute atomic E-state index is 0.312. The van der Waals surface area contributed by atoms with E-state index in [0.29, 0.717) is 12.2 Å². The lowest BCUT2D eigenvalue weighted by Gasteiger charge is -2.42. The van der Waals surface area contributed by atoms with Gasteiger partial charge in [-0.25, -0.2) is 18.4 Å². The lowest BCUT2D eigenvalue weighted by molar-refractivity contribution is -0.458. The molecule has 0 heterocycles. The maximum atomic E-state index is 13.1. The Morgan fingerprint density at radius 2 is 0.946 bits per heavy atom. The first kappa shape index (κ1) is 37.1. The Bertz CT molecular complexity index is 956. The molecule has 0 saturated carbocycles. The van der Waals surface area contributed by atoms with Crippen molar-refractivity contribution in [3.63, 3.8) is 0 Å². The summed E-state index contributed by atoms with van der Waals surface area (Å²) < 4.78 is 241. The molecule has 0 aliphatic rings. The minimum atomic E-state index is -8.84. The summed E-state index contributed by atoms with van der Waals surface area (Å²) in [5, 5.41) is -4.30. The molecule has 222 valence electrons. The Balaban J connectivity index is 0. The van der Waals surface area contributed by atoms with Crippen LogP contribution in [0.15, 0.2) is 12.2 Å². The molecule has 2 N–H and O–H groups in total. The van der Waals surface area contributed by atoms with Crippen LogP contribution in [0.1, 0.15) is 13.8 Å². The number of hydrogen-bond acceptors (Lipinski definition) is 4. The van der Waals surface area contributed by atoms with E-state index in [0.717, 1.165) is 0 Å². The zero-order chi connectivity index (χ0) is 31.1. The van der Waals surface area contributed by atoms with Crippen LogP contribution in [0.5, 0.6) is 0 Å². The summed E-state index contributed by atoms with van der Waals surface area (Å²) in [4.78, 5) is 10.4. The highest BCUT2D eigenvalue weighted by Gasteiger charge is 2.96. The molecular weight excluding hydrogens is 601 g/mol. The van der Waals surface area contributed by atoms with Gasteiger partial charge in [0.15, 0.2) is 0 Å². The van der Waals surface area contributed by atoms with Crippen molar-refractivity contribution >= 4 is 16.0 Å². The van der Waals surface area contributed by atoms with Crippen LogP contribution in [0.3, 0.4) is 0 Å². The molecule has 0 aromatic carbocycles. The molecule has 37 heavy (non-hydrogen) atoms. The highest BCUT2D eigenvalue weighted by Crippen LogP contribution is 2.64. The van der Waals surface area contributed by atoms with Gasteiger partial charge in [0, 0.05) is 5.57 Å². The SMILES string of the molecule is C=C(C)C(=O)OCC.NS(=O)(=O)C(F)(F)C(F)(F)C(F)(F)C(F)(F)C(F)(F)C(F)(F)C(F)(F)C(F)(F)F. The van der Waals surface area contributed by atoms with Crippen molar-refractivity contribution in [1.82, 2.24) is 0 Å². The van der Waals surface area contributed by atoms with Gasteiger partial charge in [-0.15, -0.1) is 0 Å². The van der Waals surface area contributed by atoms with Crippen LogP contribution >= 0.6 is 0 Å². The Morgan fingerprint density at radius 1 is 0.676 bits per heavy atom. The second-order valence-corrected chi connectivity index (χ2v) is 8.11. The minimum Gasteiger partial charge on any atom is -0.463 e. The molecule has 0 amide bonds. The average Bonchev–Trinajstić information content (AvgIpc) is 2.65. The first-order chi connectivity index (χ1) is 15.7. The third-order valence-corrected chi connectivity index (χ3v) is 4.65. The lowest BCUT2D eigenvalue weighted by atomic mass is 9.91. The van der Waals surface area contributed by atoms with Crippen molar-refractivity contribution in [3.05, 3.63) is 12.2 Å². The number of hydrogen-bond donors (Lipinski definition) is 1. The summed E-state index contributed by atoms with van der Waals surface area (Å²) in [5.41, 5.74) is 0.451. The van der Waals surface area contributed by atoms with Crippen LogP contribution < -0.4 is 5.14 Å². The Morgan fingerprint density at radius 3 is 1.14 bits per heavy atom. The summed E-state index contributed by atoms with van der Waals surface area (Å²) >= 11 is 0. The molecular formula is C14H12F17NO4S. The van der Waals surface area contributed by atoms with Gasteiger partial charge in [-0.2, -0.15) is 74.6 Å². The van der Waals surface area contributed by atoms with Crippen LogP contribution in [0.25, 0.3) is 0 Å². The van der Waals surface area contributed by atoms with E-state index in [1.165, 1.54) is 0 Å². The smallest absolute Gasteiger partial charge is 0.460 e. The van der Waals surface area contributed by atoms with Crippen molar-refractivity contribution in [2.75, 3.05) is 6.61 Å². The topological polar surface area (TPSA) is 86.5 Å². The monoisotopic (exact) mass is 613 g/mol. The molecule has 0 spiro atoms. The molecule has 0 unspecified atom stereocenters. The van der Waals surface area contributed by atoms with Crippen LogP contribution in [0.2, 0.25) is 0 Å². The predicted octanol–water partition coefficient (Wildman–Crippen LogP) is 5.37. The van der Waals surface area contributed by atoms with Crippen molar-refractivity contribution in [2.24, 2.45) is 5.14 Å². The maximum absolute atomic E-state index is 13.1. The Labute approximate surface area is 194 Å². The lowest BCUT2D eigenvalue weighted by Crippen LogP contribution is -2.75. The van der Waals surface area contributed by atoms with E-state index < -0.39 is 57.0 Å². The summed E-state index contributed by atoms with van der Waals surface area (Å²) in [6.45, 7) is 7.21. The highest BCUT2D eigenvalue weighted by molar-refractivity contribution is 7.90. The summed E-state index contributed by atoms with van der Waals surface area (Å²) in [7, 11) is -7.39. The Kier molecular flexibility index (Phi) is 10.3. The normalized spacial score (nSPS) is 15.0. The second kappa shape index (κ2) is 10.2. The molecule has 0 fully saturated rings. The zero-order valence-corrected chi connectivity index (χ0v) is 18.3. The number of carbonyl (C=O) groups is 1. The van der Waals surface area contributed by atoms with Crippen molar-refractivity contribution in [1.29, 1.82) is 0 Å². The van der Waals surface area contributed by atoms with Gasteiger partial charge in [0.1, 0.15) is 0 Å².